The summed E-state index contributed by atoms with van der Waals surface area (Å²) in [5.74, 6) is -0.258. The Balaban J connectivity index is 2.56. The lowest BCUT2D eigenvalue weighted by molar-refractivity contribution is -0.144. The van der Waals surface area contributed by atoms with E-state index in [2.05, 4.69) is 10.0 Å². The van der Waals surface area contributed by atoms with Crippen molar-refractivity contribution in [2.24, 2.45) is 11.0 Å². The van der Waals surface area contributed by atoms with Gasteiger partial charge in [-0.25, -0.2) is 0 Å². The zero-order valence-corrected chi connectivity index (χ0v) is 7.10. The molecule has 0 N–H and O–H groups in total. The second-order valence-corrected chi connectivity index (χ2v) is 3.06. The lowest BCUT2D eigenvalue weighted by Crippen LogP contribution is -2.20. The van der Waals surface area contributed by atoms with Crippen LogP contribution in [0.3, 0.4) is 0 Å². The molecule has 0 aromatic heterocycles. The molecule has 5 heteroatoms. The Morgan fingerprint density at radius 2 is 2.50 bits per heavy atom. The van der Waals surface area contributed by atoms with Crippen LogP contribution in [0, 0.1) is 5.92 Å². The van der Waals surface area contributed by atoms with Crippen molar-refractivity contribution in [2.45, 2.75) is 32.4 Å². The van der Waals surface area contributed by atoms with Gasteiger partial charge in [0, 0.05) is 4.91 Å². The Bertz CT molecular complexity index is 235. The Hall–Kier alpha value is -1.22. The van der Waals surface area contributed by atoms with Gasteiger partial charge in [0.25, 0.3) is 0 Å². The maximum absolute atomic E-state index is 10.9. The number of carbonyl (C=O) groups is 1. The van der Waals surface area contributed by atoms with Crippen LogP contribution in [0.25, 0.3) is 10.4 Å². The van der Waals surface area contributed by atoms with E-state index in [4.69, 9.17) is 10.3 Å². The van der Waals surface area contributed by atoms with Crippen LogP contribution in [-0.2, 0) is 9.53 Å². The van der Waals surface area contributed by atoms with Crippen molar-refractivity contribution >= 4 is 5.97 Å². The summed E-state index contributed by atoms with van der Waals surface area (Å²) in [6.45, 7) is 3.56. The molecule has 0 amide bonds. The molecule has 12 heavy (non-hydrogen) atoms. The third-order valence-corrected chi connectivity index (χ3v) is 2.03. The van der Waals surface area contributed by atoms with Crippen LogP contribution < -0.4 is 0 Å². The molecule has 0 spiro atoms. The highest BCUT2D eigenvalue weighted by Crippen LogP contribution is 2.23. The van der Waals surface area contributed by atoms with Gasteiger partial charge in [0.1, 0.15) is 6.10 Å². The molecule has 1 rings (SSSR count). The molecule has 1 saturated heterocycles. The SMILES string of the molecule is CC(N=[N+]=[N-])C1C[C@@H](C)C(=O)O1. The van der Waals surface area contributed by atoms with Crippen LogP contribution in [0.1, 0.15) is 20.3 Å². The smallest absolute Gasteiger partial charge is 0.309 e. The van der Waals surface area contributed by atoms with E-state index >= 15 is 0 Å². The van der Waals surface area contributed by atoms with Gasteiger partial charge in [0.2, 0.25) is 0 Å². The van der Waals surface area contributed by atoms with Crippen LogP contribution in [0.4, 0.5) is 0 Å². The van der Waals surface area contributed by atoms with E-state index in [1.165, 1.54) is 0 Å². The van der Waals surface area contributed by atoms with Crippen molar-refractivity contribution in [2.75, 3.05) is 0 Å². The van der Waals surface area contributed by atoms with E-state index in [0.717, 1.165) is 0 Å². The molecule has 1 fully saturated rings. The highest BCUT2D eigenvalue weighted by molar-refractivity contribution is 5.74. The molecular formula is C7H11N3O2. The van der Waals surface area contributed by atoms with E-state index in [1.807, 2.05) is 6.92 Å². The average molecular weight is 169 g/mol. The number of esters is 1. The van der Waals surface area contributed by atoms with E-state index in [0.29, 0.717) is 6.42 Å². The molecule has 0 radical (unpaired) electrons. The van der Waals surface area contributed by atoms with Crippen molar-refractivity contribution < 1.29 is 9.53 Å². The van der Waals surface area contributed by atoms with Gasteiger partial charge < -0.3 is 4.74 Å². The van der Waals surface area contributed by atoms with E-state index in [1.54, 1.807) is 6.92 Å². The van der Waals surface area contributed by atoms with E-state index < -0.39 is 0 Å². The number of hydrogen-bond donors (Lipinski definition) is 0. The van der Waals surface area contributed by atoms with Gasteiger partial charge >= 0.3 is 5.97 Å². The Labute approximate surface area is 70.3 Å². The zero-order chi connectivity index (χ0) is 9.14. The molecule has 0 aliphatic carbocycles. The van der Waals surface area contributed by atoms with Gasteiger partial charge in [-0.05, 0) is 12.0 Å². The van der Waals surface area contributed by atoms with Crippen molar-refractivity contribution in [1.29, 1.82) is 0 Å². The van der Waals surface area contributed by atoms with Crippen molar-refractivity contribution in [1.82, 2.24) is 0 Å². The Kier molecular flexibility index (Phi) is 2.55. The Morgan fingerprint density at radius 1 is 1.83 bits per heavy atom. The van der Waals surface area contributed by atoms with Crippen LogP contribution in [0.15, 0.2) is 5.11 Å². The summed E-state index contributed by atoms with van der Waals surface area (Å²) in [5, 5.41) is 3.48. The number of nitrogens with zero attached hydrogens (tertiary/aromatic N) is 3. The van der Waals surface area contributed by atoms with Gasteiger partial charge in [-0.2, -0.15) is 0 Å². The van der Waals surface area contributed by atoms with E-state index in [9.17, 15) is 4.79 Å². The number of rotatable bonds is 2. The quantitative estimate of drug-likeness (QED) is 0.272. The number of azide groups is 1. The standard InChI is InChI=1S/C7H11N3O2/c1-4-3-6(12-7(4)11)5(2)9-10-8/h4-6H,3H2,1-2H3/t4-,5?,6?/m1/s1. The lowest BCUT2D eigenvalue weighted by atomic mass is 10.0. The summed E-state index contributed by atoms with van der Waals surface area (Å²) in [5.41, 5.74) is 8.15. The number of carbonyl (C=O) groups excluding carboxylic acids is 1. The molecule has 5 nitrogen and oxygen atoms in total. The number of cyclic esters (lactones) is 1. The van der Waals surface area contributed by atoms with Crippen LogP contribution in [-0.4, -0.2) is 18.1 Å². The summed E-state index contributed by atoms with van der Waals surface area (Å²) in [6, 6.07) is -0.260. The molecule has 1 aliphatic heterocycles. The highest BCUT2D eigenvalue weighted by atomic mass is 16.6. The Morgan fingerprint density at radius 3 is 2.92 bits per heavy atom. The first-order valence-corrected chi connectivity index (χ1v) is 3.90. The number of ether oxygens (including phenoxy) is 1. The van der Waals surface area contributed by atoms with Crippen molar-refractivity contribution in [3.05, 3.63) is 10.4 Å². The second kappa shape index (κ2) is 3.45. The van der Waals surface area contributed by atoms with Gasteiger partial charge in [-0.15, -0.1) is 0 Å². The van der Waals surface area contributed by atoms with Gasteiger partial charge in [-0.3, -0.25) is 4.79 Å². The minimum Gasteiger partial charge on any atom is -0.462 e. The predicted molar refractivity (Wildman–Crippen MR) is 42.3 cm³/mol. The molecule has 1 aliphatic rings. The van der Waals surface area contributed by atoms with Crippen LogP contribution >= 0.6 is 0 Å². The molecule has 0 saturated carbocycles. The molecule has 0 aromatic carbocycles. The first kappa shape index (κ1) is 8.87. The fourth-order valence-electron chi connectivity index (χ4n) is 1.21. The maximum atomic E-state index is 10.9. The average Bonchev–Trinajstić information content (AvgIpc) is 2.33. The molecule has 66 valence electrons. The van der Waals surface area contributed by atoms with Crippen molar-refractivity contribution in [3.8, 4) is 0 Å². The lowest BCUT2D eigenvalue weighted by Gasteiger charge is -2.11. The van der Waals surface area contributed by atoms with Crippen LogP contribution in [0.5, 0.6) is 0 Å². The van der Waals surface area contributed by atoms with Crippen LogP contribution in [0.2, 0.25) is 0 Å². The minimum atomic E-state index is -0.260. The fraction of sp³-hybridized carbons (Fsp3) is 0.857. The minimum absolute atomic E-state index is 0.0636. The number of hydrogen-bond acceptors (Lipinski definition) is 3. The molecule has 0 bridgehead atoms. The van der Waals surface area contributed by atoms with Gasteiger partial charge in [0.05, 0.1) is 12.0 Å². The van der Waals surface area contributed by atoms with E-state index in [-0.39, 0.29) is 24.0 Å². The third kappa shape index (κ3) is 1.68. The summed E-state index contributed by atoms with van der Waals surface area (Å²) in [7, 11) is 0. The fourth-order valence-corrected chi connectivity index (χ4v) is 1.21. The second-order valence-electron chi connectivity index (χ2n) is 3.06. The topological polar surface area (TPSA) is 75.1 Å². The first-order chi connectivity index (χ1) is 5.65. The largest absolute Gasteiger partial charge is 0.462 e. The summed E-state index contributed by atoms with van der Waals surface area (Å²) in [4.78, 5) is 13.6. The molecule has 3 atom stereocenters. The highest BCUT2D eigenvalue weighted by Gasteiger charge is 2.33. The van der Waals surface area contributed by atoms with Gasteiger partial charge in [0.15, 0.2) is 0 Å². The maximum Gasteiger partial charge on any atom is 0.309 e. The summed E-state index contributed by atoms with van der Waals surface area (Å²) in [6.07, 6.45) is 0.419. The summed E-state index contributed by atoms with van der Waals surface area (Å²) >= 11 is 0. The third-order valence-electron chi connectivity index (χ3n) is 2.03. The van der Waals surface area contributed by atoms with Crippen molar-refractivity contribution in [3.63, 3.8) is 0 Å². The molecule has 0 aromatic rings. The zero-order valence-electron chi connectivity index (χ0n) is 7.10. The molecule has 2 unspecified atom stereocenters. The normalized spacial score (nSPS) is 30.7. The molecule has 1 heterocycles. The summed E-state index contributed by atoms with van der Waals surface area (Å²) < 4.78 is 4.98. The predicted octanol–water partition coefficient (Wildman–Crippen LogP) is 1.64. The molecular weight excluding hydrogens is 158 g/mol. The van der Waals surface area contributed by atoms with Gasteiger partial charge in [-0.1, -0.05) is 19.0 Å². The monoisotopic (exact) mass is 169 g/mol. The first-order valence-electron chi connectivity index (χ1n) is 3.90.